The highest BCUT2D eigenvalue weighted by molar-refractivity contribution is 5.91. The van der Waals surface area contributed by atoms with Crippen LogP contribution in [-0.4, -0.2) is 41.9 Å². The lowest BCUT2D eigenvalue weighted by Crippen LogP contribution is -2.47. The van der Waals surface area contributed by atoms with Crippen LogP contribution in [0.4, 0.5) is 8.78 Å². The average molecular weight is 453 g/mol. The molecule has 4 nitrogen and oxygen atoms in total. The number of likely N-dealkylation sites (tertiary alicyclic amines) is 1. The van der Waals surface area contributed by atoms with Gasteiger partial charge in [0.25, 0.3) is 5.91 Å². The van der Waals surface area contributed by atoms with Gasteiger partial charge in [-0.3, -0.25) is 9.69 Å². The van der Waals surface area contributed by atoms with E-state index < -0.39 is 11.6 Å². The number of carbonyl (C=O) groups is 1. The standard InChI is InChI=1S/C27H30F2N2O2/c1-19-5-3-6-20(15-19)18-31-12-10-21(11-13-31)25(16-22-8-9-23(28)17-24(22)29)30(2)27(32)26-7-4-14-33-26/h3-9,14-15,17,21,25H,10-13,16,18H2,1-2H3. The zero-order valence-corrected chi connectivity index (χ0v) is 19.1. The van der Waals surface area contributed by atoms with Gasteiger partial charge in [0.1, 0.15) is 11.6 Å². The van der Waals surface area contributed by atoms with Crippen molar-refractivity contribution in [1.82, 2.24) is 9.80 Å². The summed E-state index contributed by atoms with van der Waals surface area (Å²) in [7, 11) is 1.75. The summed E-state index contributed by atoms with van der Waals surface area (Å²) >= 11 is 0. The van der Waals surface area contributed by atoms with Crippen LogP contribution in [0, 0.1) is 24.5 Å². The van der Waals surface area contributed by atoms with Crippen molar-refractivity contribution < 1.29 is 18.0 Å². The lowest BCUT2D eigenvalue weighted by atomic mass is 9.84. The molecule has 1 fully saturated rings. The third kappa shape index (κ3) is 5.69. The van der Waals surface area contributed by atoms with E-state index in [1.165, 1.54) is 29.5 Å². The molecular formula is C27H30F2N2O2. The molecule has 1 saturated heterocycles. The number of halogens is 2. The normalized spacial score (nSPS) is 16.0. The molecule has 1 aromatic heterocycles. The largest absolute Gasteiger partial charge is 0.459 e. The number of hydrogen-bond acceptors (Lipinski definition) is 3. The van der Waals surface area contributed by atoms with Crippen molar-refractivity contribution in [3.8, 4) is 0 Å². The van der Waals surface area contributed by atoms with E-state index in [0.29, 0.717) is 12.0 Å². The number of rotatable bonds is 7. The minimum absolute atomic E-state index is 0.201. The number of aryl methyl sites for hydroxylation is 1. The Kier molecular flexibility index (Phi) is 7.23. The molecule has 3 aromatic rings. The van der Waals surface area contributed by atoms with Crippen LogP contribution in [0.5, 0.6) is 0 Å². The van der Waals surface area contributed by atoms with Gasteiger partial charge in [0.15, 0.2) is 5.76 Å². The molecule has 6 heteroatoms. The van der Waals surface area contributed by atoms with Crippen LogP contribution < -0.4 is 0 Å². The Labute approximate surface area is 193 Å². The first-order chi connectivity index (χ1) is 15.9. The van der Waals surface area contributed by atoms with E-state index in [-0.39, 0.29) is 23.6 Å². The summed E-state index contributed by atoms with van der Waals surface area (Å²) in [5.74, 6) is -0.936. The second-order valence-corrected chi connectivity index (χ2v) is 9.00. The Morgan fingerprint density at radius 3 is 2.58 bits per heavy atom. The fourth-order valence-corrected chi connectivity index (χ4v) is 4.82. The van der Waals surface area contributed by atoms with Crippen LogP contribution in [-0.2, 0) is 13.0 Å². The SMILES string of the molecule is Cc1cccc(CN2CCC(C(Cc3ccc(F)cc3F)N(C)C(=O)c3ccco3)CC2)c1. The molecule has 174 valence electrons. The Morgan fingerprint density at radius 2 is 1.91 bits per heavy atom. The zero-order valence-electron chi connectivity index (χ0n) is 19.1. The first-order valence-electron chi connectivity index (χ1n) is 11.4. The quantitative estimate of drug-likeness (QED) is 0.478. The molecule has 0 aliphatic carbocycles. The molecule has 4 rings (SSSR count). The van der Waals surface area contributed by atoms with E-state index in [0.717, 1.165) is 38.5 Å². The zero-order chi connectivity index (χ0) is 23.4. The van der Waals surface area contributed by atoms with Crippen molar-refractivity contribution in [2.75, 3.05) is 20.1 Å². The molecule has 1 amide bonds. The summed E-state index contributed by atoms with van der Waals surface area (Å²) < 4.78 is 33.2. The van der Waals surface area contributed by atoms with E-state index in [9.17, 15) is 13.6 Å². The van der Waals surface area contributed by atoms with Crippen LogP contribution in [0.3, 0.4) is 0 Å². The lowest BCUT2D eigenvalue weighted by Gasteiger charge is -2.40. The molecule has 0 N–H and O–H groups in total. The summed E-state index contributed by atoms with van der Waals surface area (Å²) in [6, 6.07) is 15.3. The topological polar surface area (TPSA) is 36.7 Å². The number of furan rings is 1. The van der Waals surface area contributed by atoms with Gasteiger partial charge in [0, 0.05) is 25.7 Å². The number of amides is 1. The number of carbonyl (C=O) groups excluding carboxylic acids is 1. The van der Waals surface area contributed by atoms with Gasteiger partial charge in [-0.25, -0.2) is 8.78 Å². The maximum absolute atomic E-state index is 14.5. The number of piperidine rings is 1. The second-order valence-electron chi connectivity index (χ2n) is 9.00. The predicted molar refractivity (Wildman–Crippen MR) is 124 cm³/mol. The molecule has 0 radical (unpaired) electrons. The Balaban J connectivity index is 1.48. The highest BCUT2D eigenvalue weighted by atomic mass is 19.1. The second kappa shape index (κ2) is 10.3. The predicted octanol–water partition coefficient (Wildman–Crippen LogP) is 5.46. The molecule has 1 atom stereocenters. The molecular weight excluding hydrogens is 422 g/mol. The van der Waals surface area contributed by atoms with Gasteiger partial charge in [0.05, 0.1) is 6.26 Å². The minimum atomic E-state index is -0.600. The highest BCUT2D eigenvalue weighted by Gasteiger charge is 2.33. The number of likely N-dealkylation sites (N-methyl/N-ethyl adjacent to an activating group) is 1. The maximum Gasteiger partial charge on any atom is 0.289 e. The van der Waals surface area contributed by atoms with E-state index in [1.807, 2.05) is 0 Å². The van der Waals surface area contributed by atoms with Crippen LogP contribution >= 0.6 is 0 Å². The average Bonchev–Trinajstić information content (AvgIpc) is 3.33. The fourth-order valence-electron chi connectivity index (χ4n) is 4.82. The molecule has 0 spiro atoms. The van der Waals surface area contributed by atoms with Gasteiger partial charge in [-0.05, 0) is 74.5 Å². The first-order valence-corrected chi connectivity index (χ1v) is 11.4. The molecule has 2 aromatic carbocycles. The summed E-state index contributed by atoms with van der Waals surface area (Å²) in [6.45, 7) is 4.81. The Bertz CT molecular complexity index is 1080. The third-order valence-electron chi connectivity index (χ3n) is 6.66. The van der Waals surface area contributed by atoms with Gasteiger partial charge in [0.2, 0.25) is 0 Å². The van der Waals surface area contributed by atoms with Crippen LogP contribution in [0.2, 0.25) is 0 Å². The van der Waals surface area contributed by atoms with Crippen molar-refractivity contribution in [1.29, 1.82) is 0 Å². The molecule has 2 heterocycles. The number of nitrogens with zero attached hydrogens (tertiary/aromatic N) is 2. The Hall–Kier alpha value is -2.99. The highest BCUT2D eigenvalue weighted by Crippen LogP contribution is 2.29. The van der Waals surface area contributed by atoms with E-state index >= 15 is 0 Å². The van der Waals surface area contributed by atoms with Crippen molar-refractivity contribution in [2.24, 2.45) is 5.92 Å². The summed E-state index contributed by atoms with van der Waals surface area (Å²) in [5, 5.41) is 0. The number of hydrogen-bond donors (Lipinski definition) is 0. The van der Waals surface area contributed by atoms with Gasteiger partial charge in [-0.15, -0.1) is 0 Å². The van der Waals surface area contributed by atoms with Crippen LogP contribution in [0.1, 0.15) is 40.1 Å². The summed E-state index contributed by atoms with van der Waals surface area (Å²) in [4.78, 5) is 17.1. The van der Waals surface area contributed by atoms with Gasteiger partial charge in [-0.1, -0.05) is 35.9 Å². The van der Waals surface area contributed by atoms with Crippen LogP contribution in [0.25, 0.3) is 0 Å². The molecule has 1 unspecified atom stereocenters. The molecule has 33 heavy (non-hydrogen) atoms. The van der Waals surface area contributed by atoms with Gasteiger partial charge in [-0.2, -0.15) is 0 Å². The van der Waals surface area contributed by atoms with Crippen molar-refractivity contribution in [3.05, 3.63) is 94.9 Å². The van der Waals surface area contributed by atoms with Gasteiger partial charge >= 0.3 is 0 Å². The minimum Gasteiger partial charge on any atom is -0.459 e. The third-order valence-corrected chi connectivity index (χ3v) is 6.66. The maximum atomic E-state index is 14.5. The molecule has 1 aliphatic rings. The van der Waals surface area contributed by atoms with E-state index in [2.05, 4.69) is 36.1 Å². The summed E-state index contributed by atoms with van der Waals surface area (Å²) in [5.41, 5.74) is 2.97. The number of benzene rings is 2. The lowest BCUT2D eigenvalue weighted by molar-refractivity contribution is 0.0554. The monoisotopic (exact) mass is 452 g/mol. The van der Waals surface area contributed by atoms with Crippen molar-refractivity contribution in [2.45, 2.75) is 38.8 Å². The van der Waals surface area contributed by atoms with Gasteiger partial charge < -0.3 is 9.32 Å². The fraction of sp³-hybridized carbons (Fsp3) is 0.370. The van der Waals surface area contributed by atoms with E-state index in [1.54, 1.807) is 24.1 Å². The smallest absolute Gasteiger partial charge is 0.289 e. The first kappa shape index (κ1) is 23.2. The summed E-state index contributed by atoms with van der Waals surface area (Å²) in [6.07, 6.45) is 3.60. The molecule has 1 aliphatic heterocycles. The van der Waals surface area contributed by atoms with Crippen molar-refractivity contribution in [3.63, 3.8) is 0 Å². The van der Waals surface area contributed by atoms with E-state index in [4.69, 9.17) is 4.42 Å². The van der Waals surface area contributed by atoms with Crippen LogP contribution in [0.15, 0.2) is 65.3 Å². The van der Waals surface area contributed by atoms with Crippen molar-refractivity contribution >= 4 is 5.91 Å². The molecule has 0 bridgehead atoms. The molecule has 0 saturated carbocycles. The Morgan fingerprint density at radius 1 is 1.12 bits per heavy atom.